The van der Waals surface area contributed by atoms with Gasteiger partial charge in [0.15, 0.2) is 65.0 Å². The molecule has 0 saturated carbocycles. The predicted molar refractivity (Wildman–Crippen MR) is 292 cm³/mol. The summed E-state index contributed by atoms with van der Waals surface area (Å²) in [6, 6.07) is 0. The Bertz CT molecular complexity index is 1720. The van der Waals surface area contributed by atoms with Crippen molar-refractivity contribution < 1.29 is 12.6 Å². The van der Waals surface area contributed by atoms with E-state index in [4.69, 9.17) is 452 Å². The van der Waals surface area contributed by atoms with Crippen LogP contribution in [-0.2, 0) is 15.2 Å². The molecule has 0 aliphatic rings. The number of rotatable bonds is 19. The Balaban J connectivity index is 7.95. The van der Waals surface area contributed by atoms with Gasteiger partial charge in [-0.05, 0) is 0 Å². The Hall–Kier alpha value is 11.2. The fourth-order valence-electron chi connectivity index (χ4n) is 3.47. The Morgan fingerprint density at radius 1 is 0.194 bits per heavy atom. The molecule has 0 saturated heterocycles. The molecular formula is C19HCl39O3S. The molecule has 62 heavy (non-hydrogen) atoms. The molecule has 0 aromatic heterocycles. The first kappa shape index (κ1) is 73.2. The summed E-state index contributed by atoms with van der Waals surface area (Å²) < 4.78 is -41.5. The van der Waals surface area contributed by atoms with Crippen LogP contribution in [0.3, 0.4) is 0 Å². The predicted octanol–water partition coefficient (Wildman–Crippen LogP) is 22.0. The number of alkyl halides is 39. The standard InChI is InChI=1S/C19HCl39O3S/c20-1(21,2(22,23)4(26,27)6(30,31)8(34,35)10(38,39)12(42,43)14(46,47)16(50,51)18(54,55)56)3(24,25)5(28,29)7(32,33)9(36,37)11(40,41)13(44,45)15(48,49)17(52,53)19(57,58)61-62(59)60/h62H. The van der Waals surface area contributed by atoms with Crippen molar-refractivity contribution in [1.29, 1.82) is 0 Å². The maximum atomic E-state index is 11.3. The van der Waals surface area contributed by atoms with Gasteiger partial charge < -0.3 is 0 Å². The summed E-state index contributed by atoms with van der Waals surface area (Å²) in [6.07, 6.45) is 0. The van der Waals surface area contributed by atoms with Gasteiger partial charge in [-0.3, -0.25) is 0 Å². The van der Waals surface area contributed by atoms with Gasteiger partial charge in [-0.1, -0.05) is 452 Å². The first-order valence-electron chi connectivity index (χ1n) is 12.6. The van der Waals surface area contributed by atoms with E-state index in [2.05, 4.69) is 4.18 Å². The van der Waals surface area contributed by atoms with Crippen LogP contribution in [0.5, 0.6) is 0 Å². The summed E-state index contributed by atoms with van der Waals surface area (Å²) in [4.78, 5) is 0. The fourth-order valence-corrected chi connectivity index (χ4v) is 17.5. The lowest BCUT2D eigenvalue weighted by Crippen LogP contribution is -2.76. The monoisotopic (exact) mass is 1670 g/mol. The lowest BCUT2D eigenvalue weighted by atomic mass is 9.96. The van der Waals surface area contributed by atoms with E-state index in [9.17, 15) is 8.42 Å². The molecule has 0 fully saturated rings. The van der Waals surface area contributed by atoms with Crippen LogP contribution in [0.2, 0.25) is 0 Å². The maximum Gasteiger partial charge on any atom is 0.270 e. The molecule has 3 nitrogen and oxygen atoms in total. The largest absolute Gasteiger partial charge is 0.270 e. The van der Waals surface area contributed by atoms with E-state index in [0.29, 0.717) is 0 Å². The second kappa shape index (κ2) is 21.9. The average molecular weight is 1690 g/mol. The van der Waals surface area contributed by atoms with E-state index in [1.807, 2.05) is 0 Å². The van der Waals surface area contributed by atoms with Crippen LogP contribution < -0.4 is 0 Å². The van der Waals surface area contributed by atoms with Gasteiger partial charge >= 0.3 is 0 Å². The Morgan fingerprint density at radius 2 is 0.306 bits per heavy atom. The number of hydrogen-bond donors (Lipinski definition) is 1. The van der Waals surface area contributed by atoms with Crippen molar-refractivity contribution in [2.75, 3.05) is 0 Å². The number of halogens is 39. The SMILES string of the molecule is O=[SH](=O)OC(Cl)(Cl)C(Cl)(Cl)C(Cl)(Cl)C(Cl)(Cl)C(Cl)(Cl)C(Cl)(Cl)C(Cl)(Cl)C(Cl)(Cl)C(Cl)(Cl)C(Cl)(Cl)C(Cl)(Cl)C(Cl)(Cl)C(Cl)(Cl)C(Cl)(Cl)C(Cl)(Cl)C(Cl)(Cl)C(Cl)(Cl)C(Cl)(Cl)C(Cl)(Cl)Cl. The molecule has 0 aliphatic heterocycles. The van der Waals surface area contributed by atoms with Crippen molar-refractivity contribution >= 4 is 463 Å². The molecule has 0 aliphatic carbocycles. The summed E-state index contributed by atoms with van der Waals surface area (Å²) in [5, 5.41) is 0. The topological polar surface area (TPSA) is 43.4 Å². The quantitative estimate of drug-likeness (QED) is 0.104. The fraction of sp³-hybridized carbons (Fsp3) is 1.00. The minimum atomic E-state index is -4.02. The summed E-state index contributed by atoms with van der Waals surface area (Å²) >= 11 is 248. The summed E-state index contributed by atoms with van der Waals surface area (Å²) in [6.45, 7) is 0. The van der Waals surface area contributed by atoms with Gasteiger partial charge in [-0.15, -0.1) is 0 Å². The van der Waals surface area contributed by atoms with Crippen LogP contribution in [0.15, 0.2) is 0 Å². The summed E-state index contributed by atoms with van der Waals surface area (Å²) in [5.41, 5.74) is 0. The van der Waals surface area contributed by atoms with Gasteiger partial charge in [0.05, 0.1) is 0 Å². The van der Waals surface area contributed by atoms with Gasteiger partial charge in [0, 0.05) is 0 Å². The van der Waals surface area contributed by atoms with Gasteiger partial charge in [0.1, 0.15) is 0 Å². The Labute approximate surface area is 548 Å². The molecule has 0 rings (SSSR count). The highest BCUT2D eigenvalue weighted by molar-refractivity contribution is 7.67. The molecule has 0 unspecified atom stereocenters. The molecule has 0 atom stereocenters. The summed E-state index contributed by atoms with van der Waals surface area (Å²) in [5.74, 6) is 0. The maximum absolute atomic E-state index is 11.3. The Kier molecular flexibility index (Phi) is 25.9. The zero-order valence-corrected chi connectivity index (χ0v) is 56.3. The second-order valence-corrected chi connectivity index (χ2v) is 37.8. The number of hydrogen-bond acceptors (Lipinski definition) is 3. The first-order chi connectivity index (χ1) is 25.9. The van der Waals surface area contributed by atoms with Crippen LogP contribution in [0.1, 0.15) is 0 Å². The third-order valence-electron chi connectivity index (χ3n) is 7.22. The van der Waals surface area contributed by atoms with Crippen LogP contribution >= 0.6 is 452 Å². The minimum absolute atomic E-state index is 2.91. The molecule has 0 radical (unpaired) electrons. The van der Waals surface area contributed by atoms with Crippen molar-refractivity contribution in [2.45, 2.75) is 82.0 Å². The van der Waals surface area contributed by atoms with Gasteiger partial charge in [0.25, 0.3) is 15.5 Å². The highest BCUT2D eigenvalue weighted by Crippen LogP contribution is 2.79. The van der Waals surface area contributed by atoms with Crippen molar-refractivity contribution in [3.63, 3.8) is 0 Å². The third kappa shape index (κ3) is 11.1. The molecule has 0 N–H and O–H groups in total. The van der Waals surface area contributed by atoms with Crippen molar-refractivity contribution in [3.05, 3.63) is 0 Å². The van der Waals surface area contributed by atoms with Crippen LogP contribution in [0.4, 0.5) is 0 Å². The van der Waals surface area contributed by atoms with Gasteiger partial charge in [-0.2, -0.15) is 0 Å². The van der Waals surface area contributed by atoms with Crippen molar-refractivity contribution in [2.24, 2.45) is 0 Å². The highest BCUT2D eigenvalue weighted by Gasteiger charge is 2.89. The van der Waals surface area contributed by atoms with Gasteiger partial charge in [0.2, 0.25) is 12.5 Å². The molecule has 0 heterocycles. The van der Waals surface area contributed by atoms with E-state index in [0.717, 1.165) is 0 Å². The second-order valence-electron chi connectivity index (χ2n) is 11.1. The highest BCUT2D eigenvalue weighted by atomic mass is 35.6. The molecular weight excluding hydrogens is 1690 g/mol. The lowest BCUT2D eigenvalue weighted by molar-refractivity contribution is 0.223. The van der Waals surface area contributed by atoms with E-state index in [1.54, 1.807) is 0 Å². The molecule has 0 bridgehead atoms. The van der Waals surface area contributed by atoms with Crippen LogP contribution in [0.25, 0.3) is 0 Å². The van der Waals surface area contributed by atoms with Crippen molar-refractivity contribution in [3.8, 4) is 0 Å². The number of thiol groups is 1. The van der Waals surface area contributed by atoms with Gasteiger partial charge in [-0.25, -0.2) is 12.6 Å². The van der Waals surface area contributed by atoms with Crippen LogP contribution in [0, 0.1) is 0 Å². The van der Waals surface area contributed by atoms with Crippen LogP contribution in [-0.4, -0.2) is 90.4 Å². The molecule has 374 valence electrons. The van der Waals surface area contributed by atoms with E-state index < -0.39 is 93.0 Å². The smallest absolute Gasteiger partial charge is 0.229 e. The molecule has 0 amide bonds. The molecule has 0 aromatic rings. The van der Waals surface area contributed by atoms with E-state index in [-0.39, 0.29) is 0 Å². The zero-order valence-electron chi connectivity index (χ0n) is 25.9. The minimum Gasteiger partial charge on any atom is -0.229 e. The van der Waals surface area contributed by atoms with E-state index >= 15 is 0 Å². The molecule has 0 aromatic carbocycles. The summed E-state index contributed by atoms with van der Waals surface area (Å²) in [7, 11) is -4.02. The average Bonchev–Trinajstić information content (AvgIpc) is 3.01. The Morgan fingerprint density at radius 3 is 0.419 bits per heavy atom. The molecule has 43 heteroatoms. The van der Waals surface area contributed by atoms with Crippen molar-refractivity contribution in [1.82, 2.24) is 0 Å². The first-order valence-corrected chi connectivity index (χ1v) is 28.5. The normalized spacial score (nSPS) is 17.3. The van der Waals surface area contributed by atoms with E-state index in [1.165, 1.54) is 0 Å². The zero-order chi connectivity index (χ0) is 51.8. The lowest BCUT2D eigenvalue weighted by Gasteiger charge is -2.59. The third-order valence-corrected chi connectivity index (χ3v) is 35.8. The molecule has 0 spiro atoms.